The Labute approximate surface area is 100 Å². The molecule has 0 aliphatic rings. The molecule has 0 bridgehead atoms. The van der Waals surface area contributed by atoms with Crippen molar-refractivity contribution >= 4 is 34.9 Å². The minimum absolute atomic E-state index is 0.138. The van der Waals surface area contributed by atoms with Gasteiger partial charge in [0.25, 0.3) is 5.69 Å². The van der Waals surface area contributed by atoms with Crippen molar-refractivity contribution in [3.8, 4) is 0 Å². The molecule has 0 aliphatic carbocycles. The van der Waals surface area contributed by atoms with Gasteiger partial charge in [0.2, 0.25) is 5.91 Å². The molecule has 1 aromatic carbocycles. The first-order chi connectivity index (χ1) is 7.95. The van der Waals surface area contributed by atoms with E-state index in [1.54, 1.807) is 0 Å². The summed E-state index contributed by atoms with van der Waals surface area (Å²) < 4.78 is 0. The fraction of sp³-hybridized carbons (Fsp3) is 0.111. The third kappa shape index (κ3) is 3.15. The number of aromatic carboxylic acids is 1. The molecule has 0 atom stereocenters. The maximum absolute atomic E-state index is 11.0. The van der Waals surface area contributed by atoms with E-state index in [0.29, 0.717) is 0 Å². The second kappa shape index (κ2) is 5.26. The molecule has 0 fully saturated rings. The second-order valence-corrected chi connectivity index (χ2v) is 3.24. The summed E-state index contributed by atoms with van der Waals surface area (Å²) in [4.78, 5) is 31.5. The highest BCUT2D eigenvalue weighted by atomic mass is 35.5. The quantitative estimate of drug-likeness (QED) is 0.483. The maximum atomic E-state index is 11.0. The zero-order valence-corrected chi connectivity index (χ0v) is 9.10. The van der Waals surface area contributed by atoms with Crippen molar-refractivity contribution in [2.24, 2.45) is 0 Å². The first-order valence-electron chi connectivity index (χ1n) is 4.33. The lowest BCUT2D eigenvalue weighted by molar-refractivity contribution is -0.385. The Morgan fingerprint density at radius 1 is 1.47 bits per heavy atom. The number of benzene rings is 1. The predicted octanol–water partition coefficient (Wildman–Crippen LogP) is 1.47. The van der Waals surface area contributed by atoms with E-state index in [-0.39, 0.29) is 11.6 Å². The van der Waals surface area contributed by atoms with Gasteiger partial charge in [-0.3, -0.25) is 14.9 Å². The smallest absolute Gasteiger partial charge is 0.342 e. The van der Waals surface area contributed by atoms with E-state index in [1.807, 2.05) is 0 Å². The number of carboxylic acids is 1. The van der Waals surface area contributed by atoms with Gasteiger partial charge in [0.15, 0.2) is 0 Å². The minimum atomic E-state index is -1.45. The first kappa shape index (κ1) is 12.9. The molecule has 7 nitrogen and oxygen atoms in total. The number of halogens is 1. The number of anilines is 1. The third-order valence-electron chi connectivity index (χ3n) is 1.83. The number of rotatable bonds is 4. The molecule has 17 heavy (non-hydrogen) atoms. The van der Waals surface area contributed by atoms with Crippen molar-refractivity contribution in [1.29, 1.82) is 0 Å². The largest absolute Gasteiger partial charge is 0.477 e. The van der Waals surface area contributed by atoms with Crippen LogP contribution in [0.25, 0.3) is 0 Å². The molecule has 0 saturated heterocycles. The lowest BCUT2D eigenvalue weighted by Gasteiger charge is -2.04. The summed E-state index contributed by atoms with van der Waals surface area (Å²) in [6.07, 6.45) is 0. The number of carbonyl (C=O) groups is 2. The van der Waals surface area contributed by atoms with Gasteiger partial charge in [-0.1, -0.05) is 0 Å². The summed E-state index contributed by atoms with van der Waals surface area (Å²) in [5.41, 5.74) is -0.901. The van der Waals surface area contributed by atoms with Crippen LogP contribution in [0.5, 0.6) is 0 Å². The van der Waals surface area contributed by atoms with Crippen LogP contribution >= 0.6 is 11.6 Å². The van der Waals surface area contributed by atoms with Crippen molar-refractivity contribution in [2.45, 2.75) is 0 Å². The summed E-state index contributed by atoms with van der Waals surface area (Å²) in [6, 6.07) is 3.24. The highest BCUT2D eigenvalue weighted by Crippen LogP contribution is 2.22. The van der Waals surface area contributed by atoms with Gasteiger partial charge in [0.1, 0.15) is 11.4 Å². The highest BCUT2D eigenvalue weighted by molar-refractivity contribution is 6.29. The number of hydrogen-bond donors (Lipinski definition) is 2. The van der Waals surface area contributed by atoms with Crippen molar-refractivity contribution in [2.75, 3.05) is 11.2 Å². The van der Waals surface area contributed by atoms with Gasteiger partial charge in [-0.05, 0) is 12.1 Å². The molecule has 1 amide bonds. The highest BCUT2D eigenvalue weighted by Gasteiger charge is 2.20. The molecule has 0 aromatic heterocycles. The van der Waals surface area contributed by atoms with Crippen LogP contribution in [-0.2, 0) is 4.79 Å². The molecule has 0 unspecified atom stereocenters. The van der Waals surface area contributed by atoms with Crippen molar-refractivity contribution in [3.05, 3.63) is 33.9 Å². The normalized spacial score (nSPS) is 9.71. The van der Waals surface area contributed by atoms with Gasteiger partial charge in [-0.2, -0.15) is 0 Å². The number of carbonyl (C=O) groups excluding carboxylic acids is 1. The van der Waals surface area contributed by atoms with Gasteiger partial charge < -0.3 is 10.4 Å². The van der Waals surface area contributed by atoms with E-state index in [9.17, 15) is 19.7 Å². The minimum Gasteiger partial charge on any atom is -0.477 e. The van der Waals surface area contributed by atoms with Gasteiger partial charge in [0.05, 0.1) is 4.92 Å². The van der Waals surface area contributed by atoms with Crippen LogP contribution in [0.15, 0.2) is 18.2 Å². The van der Waals surface area contributed by atoms with Crippen molar-refractivity contribution in [1.82, 2.24) is 0 Å². The molecule has 0 radical (unpaired) electrons. The topological polar surface area (TPSA) is 110 Å². The molecule has 0 heterocycles. The molecule has 0 saturated carbocycles. The number of nitrogens with one attached hydrogen (secondary N) is 1. The maximum Gasteiger partial charge on any atom is 0.342 e. The molecule has 2 N–H and O–H groups in total. The van der Waals surface area contributed by atoms with E-state index >= 15 is 0 Å². The number of nitro groups is 1. The van der Waals surface area contributed by atoms with Gasteiger partial charge in [-0.15, -0.1) is 11.6 Å². The monoisotopic (exact) mass is 258 g/mol. The van der Waals surface area contributed by atoms with Crippen LogP contribution in [-0.4, -0.2) is 27.8 Å². The Morgan fingerprint density at radius 2 is 2.12 bits per heavy atom. The zero-order valence-electron chi connectivity index (χ0n) is 8.34. The average molecular weight is 259 g/mol. The van der Waals surface area contributed by atoms with E-state index in [0.717, 1.165) is 12.1 Å². The van der Waals surface area contributed by atoms with Gasteiger partial charge >= 0.3 is 5.97 Å². The van der Waals surface area contributed by atoms with Crippen LogP contribution in [0.3, 0.4) is 0 Å². The van der Waals surface area contributed by atoms with Crippen molar-refractivity contribution < 1.29 is 19.6 Å². The molecular formula is C9H7ClN2O5. The van der Waals surface area contributed by atoms with Gasteiger partial charge in [-0.25, -0.2) is 4.79 Å². The zero-order chi connectivity index (χ0) is 13.0. The fourth-order valence-corrected chi connectivity index (χ4v) is 1.21. The molecule has 1 aromatic rings. The average Bonchev–Trinajstić information content (AvgIpc) is 2.28. The van der Waals surface area contributed by atoms with Crippen LogP contribution in [0.4, 0.5) is 11.4 Å². The Balaban J connectivity index is 3.14. The summed E-state index contributed by atoms with van der Waals surface area (Å²) in [7, 11) is 0. The summed E-state index contributed by atoms with van der Waals surface area (Å²) >= 11 is 5.25. The molecule has 8 heteroatoms. The van der Waals surface area contributed by atoms with E-state index in [2.05, 4.69) is 5.32 Å². The predicted molar refractivity (Wildman–Crippen MR) is 59.4 cm³/mol. The number of carboxylic acid groups (broad SMARTS) is 1. The Morgan fingerprint density at radius 3 is 2.59 bits per heavy atom. The van der Waals surface area contributed by atoms with E-state index in [4.69, 9.17) is 16.7 Å². The number of amides is 1. The Kier molecular flexibility index (Phi) is 4.00. The molecule has 1 rings (SSSR count). The third-order valence-corrected chi connectivity index (χ3v) is 2.07. The Hall–Kier alpha value is -2.15. The number of alkyl halides is 1. The number of nitro benzene ring substituents is 1. The fourth-order valence-electron chi connectivity index (χ4n) is 1.14. The van der Waals surface area contributed by atoms with Crippen LogP contribution in [0.1, 0.15) is 10.4 Å². The summed E-state index contributed by atoms with van der Waals surface area (Å²) in [5, 5.41) is 21.6. The molecule has 0 aliphatic heterocycles. The molecule has 90 valence electrons. The SMILES string of the molecule is O=C(CCl)Nc1ccc([N+](=O)[O-])c(C(=O)O)c1. The lowest BCUT2D eigenvalue weighted by atomic mass is 10.1. The van der Waals surface area contributed by atoms with Crippen LogP contribution in [0, 0.1) is 10.1 Å². The van der Waals surface area contributed by atoms with Crippen molar-refractivity contribution in [3.63, 3.8) is 0 Å². The standard InChI is InChI=1S/C9H7ClN2O5/c10-4-8(13)11-5-1-2-7(12(16)17)6(3-5)9(14)15/h1-3H,4H2,(H,11,13)(H,14,15). The second-order valence-electron chi connectivity index (χ2n) is 2.98. The molecular weight excluding hydrogens is 252 g/mol. The van der Waals surface area contributed by atoms with E-state index < -0.39 is 28.1 Å². The summed E-state index contributed by atoms with van der Waals surface area (Å²) in [6.45, 7) is 0. The first-order valence-corrected chi connectivity index (χ1v) is 4.86. The number of nitrogens with zero attached hydrogens (tertiary/aromatic N) is 1. The Bertz CT molecular complexity index is 488. The van der Waals surface area contributed by atoms with Crippen LogP contribution in [0.2, 0.25) is 0 Å². The molecule has 0 spiro atoms. The van der Waals surface area contributed by atoms with Gasteiger partial charge in [0, 0.05) is 11.8 Å². The summed E-state index contributed by atoms with van der Waals surface area (Å²) in [5.74, 6) is -2.27. The van der Waals surface area contributed by atoms with Crippen LogP contribution < -0.4 is 5.32 Å². The number of hydrogen-bond acceptors (Lipinski definition) is 4. The van der Waals surface area contributed by atoms with E-state index in [1.165, 1.54) is 6.07 Å². The lowest BCUT2D eigenvalue weighted by Crippen LogP contribution is -2.13.